The molecule has 278 valence electrons. The zero-order valence-corrected chi connectivity index (χ0v) is 32.8. The monoisotopic (exact) mass is 710 g/mol. The number of hydrogen-bond acceptors (Lipinski definition) is 8. The quantitative estimate of drug-likeness (QED) is 0.209. The zero-order chi connectivity index (χ0) is 36.7. The fraction of sp³-hybridized carbons (Fsp3) is 0.805. The average molecular weight is 711 g/mol. The van der Waals surface area contributed by atoms with E-state index in [-0.39, 0.29) is 51.8 Å². The van der Waals surface area contributed by atoms with Crippen molar-refractivity contribution in [3.63, 3.8) is 0 Å². The van der Waals surface area contributed by atoms with E-state index in [2.05, 4.69) is 58.8 Å². The molecule has 3 N–H and O–H groups in total. The van der Waals surface area contributed by atoms with E-state index in [0.717, 1.165) is 61.8 Å². The first-order valence-corrected chi connectivity index (χ1v) is 20.1. The molecule has 50 heavy (non-hydrogen) atoms. The van der Waals surface area contributed by atoms with Crippen LogP contribution < -0.4 is 5.32 Å². The number of aliphatic carboxylic acids is 1. The maximum absolute atomic E-state index is 14.0. The molecule has 8 nitrogen and oxygen atoms in total. The van der Waals surface area contributed by atoms with Crippen LogP contribution in [0, 0.1) is 56.2 Å². The number of carbonyl (C=O) groups is 3. The van der Waals surface area contributed by atoms with Crippen molar-refractivity contribution < 1.29 is 29.3 Å². The van der Waals surface area contributed by atoms with Gasteiger partial charge in [0.1, 0.15) is 6.10 Å². The van der Waals surface area contributed by atoms with Crippen molar-refractivity contribution in [2.45, 2.75) is 145 Å². The van der Waals surface area contributed by atoms with Gasteiger partial charge in [-0.15, -0.1) is 11.3 Å². The number of thiazole rings is 1. The first-order chi connectivity index (χ1) is 23.2. The van der Waals surface area contributed by atoms with Crippen LogP contribution in [0.4, 0.5) is 0 Å². The molecular weight excluding hydrogens is 649 g/mol. The van der Waals surface area contributed by atoms with Gasteiger partial charge in [0.2, 0.25) is 0 Å². The van der Waals surface area contributed by atoms with E-state index in [9.17, 15) is 24.6 Å². The zero-order valence-electron chi connectivity index (χ0n) is 32.0. The summed E-state index contributed by atoms with van der Waals surface area (Å²) >= 11 is 1.61. The van der Waals surface area contributed by atoms with Crippen LogP contribution in [0.5, 0.6) is 0 Å². The van der Waals surface area contributed by atoms with Gasteiger partial charge in [-0.3, -0.25) is 19.4 Å². The normalized spacial score (nSPS) is 38.6. The fourth-order valence-corrected chi connectivity index (χ4v) is 13.3. The van der Waals surface area contributed by atoms with Crippen LogP contribution in [0.2, 0.25) is 0 Å². The number of ketones is 1. The predicted octanol–water partition coefficient (Wildman–Crippen LogP) is 7.99. The van der Waals surface area contributed by atoms with E-state index >= 15 is 0 Å². The standard InChI is InChI=1S/C41H62N2O6S/c1-24(2)33-27(44)18-41(30(45)22-42-20-25-21-43-23-50-25)17-16-39(8)26(34(33)41)10-11-29-38(7)14-13-31(49-32(46)19-36(3,4)35(47)48)37(5,6)28(38)12-15-40(29,39)9/h21,23-24,26,28-31,42,45H,10-20,22H2,1-9H3,(H,47,48)/t26-,28-,29-,30+,31+,38+,39-,40-,41+/m1/s1. The number of hydrogen-bond donors (Lipinski definition) is 3. The van der Waals surface area contributed by atoms with Gasteiger partial charge in [-0.05, 0) is 111 Å². The molecule has 0 saturated heterocycles. The Bertz CT molecular complexity index is 1530. The molecule has 6 rings (SSSR count). The fourth-order valence-electron chi connectivity index (χ4n) is 12.8. The van der Waals surface area contributed by atoms with Gasteiger partial charge in [0.25, 0.3) is 0 Å². The van der Waals surface area contributed by atoms with Crippen LogP contribution in [-0.4, -0.2) is 51.7 Å². The Morgan fingerprint density at radius 1 is 1.02 bits per heavy atom. The predicted molar refractivity (Wildman–Crippen MR) is 195 cm³/mol. The van der Waals surface area contributed by atoms with Crippen molar-refractivity contribution >= 4 is 29.1 Å². The summed E-state index contributed by atoms with van der Waals surface area (Å²) in [5.74, 6) is 0.0929. The van der Waals surface area contributed by atoms with Gasteiger partial charge in [0, 0.05) is 41.4 Å². The van der Waals surface area contributed by atoms with Crippen LogP contribution in [0.3, 0.4) is 0 Å². The lowest BCUT2D eigenvalue weighted by molar-refractivity contribution is -0.235. The molecule has 0 bridgehead atoms. The van der Waals surface area contributed by atoms with Crippen molar-refractivity contribution in [1.82, 2.24) is 10.3 Å². The molecule has 0 aromatic carbocycles. The summed E-state index contributed by atoms with van der Waals surface area (Å²) in [5.41, 5.74) is 2.35. The average Bonchev–Trinajstić information content (AvgIpc) is 3.64. The Labute approximate surface area is 303 Å². The molecule has 0 aliphatic heterocycles. The Morgan fingerprint density at radius 2 is 1.74 bits per heavy atom. The van der Waals surface area contributed by atoms with Crippen molar-refractivity contribution in [3.8, 4) is 0 Å². The molecule has 9 heteroatoms. The highest BCUT2D eigenvalue weighted by molar-refractivity contribution is 7.09. The lowest BCUT2D eigenvalue weighted by Gasteiger charge is -2.72. The van der Waals surface area contributed by atoms with Gasteiger partial charge in [0.15, 0.2) is 5.78 Å². The number of nitrogens with one attached hydrogen (secondary N) is 1. The summed E-state index contributed by atoms with van der Waals surface area (Å²) in [4.78, 5) is 44.1. The number of aromatic nitrogens is 1. The number of carboxylic acids is 1. The summed E-state index contributed by atoms with van der Waals surface area (Å²) in [6.45, 7) is 20.8. The second kappa shape index (κ2) is 12.8. The van der Waals surface area contributed by atoms with Crippen LogP contribution in [-0.2, 0) is 25.7 Å². The third-order valence-electron chi connectivity index (χ3n) is 15.6. The summed E-state index contributed by atoms with van der Waals surface area (Å²) in [5, 5.41) is 25.1. The molecule has 1 aromatic rings. The first kappa shape index (κ1) is 37.7. The molecule has 9 atom stereocenters. The number of fused-ring (bicyclic) bond motifs is 7. The second-order valence-electron chi connectivity index (χ2n) is 19.2. The number of carboxylic acid groups (broad SMARTS) is 1. The third-order valence-corrected chi connectivity index (χ3v) is 16.4. The van der Waals surface area contributed by atoms with Gasteiger partial charge in [-0.1, -0.05) is 54.0 Å². The molecule has 5 aliphatic rings. The number of esters is 1. The molecule has 4 fully saturated rings. The van der Waals surface area contributed by atoms with E-state index in [1.807, 2.05) is 11.7 Å². The second-order valence-corrected chi connectivity index (χ2v) is 20.1. The summed E-state index contributed by atoms with van der Waals surface area (Å²) in [6.07, 6.45) is 9.16. The number of ether oxygens (including phenoxy) is 1. The van der Waals surface area contributed by atoms with Crippen molar-refractivity contribution in [3.05, 3.63) is 27.7 Å². The molecule has 4 saturated carbocycles. The number of allylic oxidation sites excluding steroid dienone is 1. The molecular formula is C41H62N2O6S. The van der Waals surface area contributed by atoms with E-state index in [4.69, 9.17) is 4.74 Å². The molecule has 0 unspecified atom stereocenters. The highest BCUT2D eigenvalue weighted by Gasteiger charge is 2.70. The van der Waals surface area contributed by atoms with Crippen LogP contribution >= 0.6 is 11.3 Å². The Balaban J connectivity index is 1.27. The van der Waals surface area contributed by atoms with Crippen molar-refractivity contribution in [1.29, 1.82) is 0 Å². The third kappa shape index (κ3) is 5.66. The number of Topliss-reactive ketones (excluding diaryl/α,β-unsaturated/α-hetero) is 1. The highest BCUT2D eigenvalue weighted by Crippen LogP contribution is 2.77. The maximum Gasteiger partial charge on any atom is 0.309 e. The summed E-state index contributed by atoms with van der Waals surface area (Å²) < 4.78 is 6.16. The molecule has 5 aliphatic carbocycles. The molecule has 1 aromatic heterocycles. The van der Waals surface area contributed by atoms with Crippen LogP contribution in [0.1, 0.15) is 131 Å². The Kier molecular flexibility index (Phi) is 9.63. The number of carbonyl (C=O) groups excluding carboxylic acids is 2. The minimum Gasteiger partial charge on any atom is -0.481 e. The van der Waals surface area contributed by atoms with Gasteiger partial charge >= 0.3 is 11.9 Å². The number of aliphatic hydroxyl groups is 1. The minimum atomic E-state index is -1.16. The lowest BCUT2D eigenvalue weighted by Crippen LogP contribution is -2.66. The van der Waals surface area contributed by atoms with Crippen LogP contribution in [0.15, 0.2) is 22.9 Å². The molecule has 1 heterocycles. The maximum atomic E-state index is 14.0. The van der Waals surface area contributed by atoms with Gasteiger partial charge < -0.3 is 20.3 Å². The van der Waals surface area contributed by atoms with Gasteiger partial charge in [-0.2, -0.15) is 0 Å². The SMILES string of the molecule is CC(C)C1=C2[C@H]3CC[C@@H]4[C@@]5(C)CC[C@H](OC(=O)CC(C)(C)C(=O)O)C(C)(C)[C@H]5CC[C@@]4(C)[C@]3(C)CC[C@@]2([C@@H](O)CNCc2cncs2)CC1=O. The number of nitrogens with zero attached hydrogens (tertiary/aromatic N) is 1. The smallest absolute Gasteiger partial charge is 0.309 e. The van der Waals surface area contributed by atoms with Crippen molar-refractivity contribution in [2.24, 2.45) is 56.2 Å². The Hall–Kier alpha value is -2.10. The van der Waals surface area contributed by atoms with Gasteiger partial charge in [0.05, 0.1) is 23.5 Å². The van der Waals surface area contributed by atoms with E-state index in [0.29, 0.717) is 31.3 Å². The molecule has 0 amide bonds. The number of rotatable bonds is 10. The van der Waals surface area contributed by atoms with Gasteiger partial charge in [-0.25, -0.2) is 0 Å². The largest absolute Gasteiger partial charge is 0.481 e. The molecule has 0 radical (unpaired) electrons. The topological polar surface area (TPSA) is 126 Å². The summed E-state index contributed by atoms with van der Waals surface area (Å²) in [6, 6.07) is 0. The van der Waals surface area contributed by atoms with Crippen molar-refractivity contribution in [2.75, 3.05) is 6.54 Å². The highest BCUT2D eigenvalue weighted by atomic mass is 32.1. The summed E-state index contributed by atoms with van der Waals surface area (Å²) in [7, 11) is 0. The van der Waals surface area contributed by atoms with E-state index in [1.165, 1.54) is 5.57 Å². The van der Waals surface area contributed by atoms with Crippen LogP contribution in [0.25, 0.3) is 0 Å². The minimum absolute atomic E-state index is 0.000845. The number of aliphatic hydroxyl groups excluding tert-OH is 1. The van der Waals surface area contributed by atoms with E-state index < -0.39 is 28.9 Å². The first-order valence-electron chi connectivity index (χ1n) is 19.2. The lowest BCUT2D eigenvalue weighted by atomic mass is 9.33. The Morgan fingerprint density at radius 3 is 2.38 bits per heavy atom. The van der Waals surface area contributed by atoms with E-state index in [1.54, 1.807) is 25.2 Å². The molecule has 0 spiro atoms.